The van der Waals surface area contributed by atoms with E-state index in [4.69, 9.17) is 0 Å². The number of imidazole rings is 1. The molecule has 1 heterocycles. The summed E-state index contributed by atoms with van der Waals surface area (Å²) in [5.74, 6) is 1.03. The van der Waals surface area contributed by atoms with Crippen LogP contribution in [0.1, 0.15) is 26.8 Å². The molecule has 0 amide bonds. The molecular weight excluding hydrogens is 330 g/mol. The van der Waals surface area contributed by atoms with E-state index in [1.165, 1.54) is 0 Å². The lowest BCUT2D eigenvalue weighted by Crippen LogP contribution is -2.23. The van der Waals surface area contributed by atoms with E-state index in [-0.39, 0.29) is 7.43 Å². The van der Waals surface area contributed by atoms with Gasteiger partial charge in [-0.1, -0.05) is 51.6 Å². The minimum Gasteiger partial charge on any atom is -0.374 e. The van der Waals surface area contributed by atoms with Gasteiger partial charge in [-0.2, -0.15) is 0 Å². The Balaban J connectivity index is 0.00000225. The fraction of sp³-hybridized carbons (Fsp3) is 0.350. The number of H-pyrrole nitrogens is 1. The number of hydrogen-bond acceptors (Lipinski definition) is 3. The molecule has 0 saturated carbocycles. The molecule has 0 saturated heterocycles. The fourth-order valence-corrected chi connectivity index (χ4v) is 3.99. The smallest absolute Gasteiger partial charge is 0.197 e. The molecule has 0 bridgehead atoms. The number of rotatable bonds is 6. The van der Waals surface area contributed by atoms with Crippen molar-refractivity contribution in [2.45, 2.75) is 32.2 Å². The first-order chi connectivity index (χ1) is 11.5. The number of anilines is 1. The number of hydrogen-bond donors (Lipinski definition) is 1. The molecule has 0 aliphatic rings. The monoisotopic (exact) mass is 357 g/mol. The number of aromatic amines is 1. The molecule has 0 spiro atoms. The third-order valence-electron chi connectivity index (χ3n) is 3.91. The molecule has 25 heavy (non-hydrogen) atoms. The molecule has 0 fully saturated rings. The van der Waals surface area contributed by atoms with Crippen LogP contribution in [-0.4, -0.2) is 27.8 Å². The highest BCUT2D eigenvalue weighted by atomic mass is 32.2. The average Bonchev–Trinajstić information content (AvgIpc) is 2.99. The van der Waals surface area contributed by atoms with E-state index in [1.807, 2.05) is 42.5 Å². The Morgan fingerprint density at radius 3 is 2.52 bits per heavy atom. The van der Waals surface area contributed by atoms with Gasteiger partial charge in [0.05, 0.1) is 27.6 Å². The summed E-state index contributed by atoms with van der Waals surface area (Å²) < 4.78 is 12.8. The van der Waals surface area contributed by atoms with Crippen molar-refractivity contribution in [1.29, 1.82) is 0 Å². The lowest BCUT2D eigenvalue weighted by atomic mass is 10.1. The summed E-state index contributed by atoms with van der Waals surface area (Å²) in [6.45, 7) is 5.37. The van der Waals surface area contributed by atoms with E-state index in [1.54, 1.807) is 0 Å². The van der Waals surface area contributed by atoms with Gasteiger partial charge in [0.2, 0.25) is 0 Å². The molecule has 4 nitrogen and oxygen atoms in total. The van der Waals surface area contributed by atoms with E-state index in [9.17, 15) is 4.21 Å². The average molecular weight is 358 g/mol. The van der Waals surface area contributed by atoms with Gasteiger partial charge in [-0.25, -0.2) is 4.98 Å². The van der Waals surface area contributed by atoms with Crippen molar-refractivity contribution in [2.75, 3.05) is 18.5 Å². The zero-order valence-electron chi connectivity index (χ0n) is 14.3. The minimum atomic E-state index is -1.20. The van der Waals surface area contributed by atoms with Gasteiger partial charge < -0.3 is 9.88 Å². The summed E-state index contributed by atoms with van der Waals surface area (Å²) >= 11 is 0. The third-order valence-corrected chi connectivity index (χ3v) is 5.11. The molecule has 3 aromatic rings. The van der Waals surface area contributed by atoms with Crippen LogP contribution in [0.3, 0.4) is 0 Å². The second-order valence-electron chi connectivity index (χ2n) is 6.45. The van der Waals surface area contributed by atoms with Crippen LogP contribution >= 0.6 is 0 Å². The number of benzene rings is 2. The van der Waals surface area contributed by atoms with Crippen molar-refractivity contribution >= 4 is 27.5 Å². The van der Waals surface area contributed by atoms with Gasteiger partial charge in [0.15, 0.2) is 5.16 Å². The predicted molar refractivity (Wildman–Crippen MR) is 107 cm³/mol. The van der Waals surface area contributed by atoms with E-state index in [2.05, 4.69) is 41.8 Å². The summed E-state index contributed by atoms with van der Waals surface area (Å²) in [6.07, 6.45) is 0. The van der Waals surface area contributed by atoms with Crippen LogP contribution in [0.5, 0.6) is 0 Å². The van der Waals surface area contributed by atoms with Crippen LogP contribution in [0.15, 0.2) is 53.7 Å². The first kappa shape index (κ1) is 19.2. The van der Waals surface area contributed by atoms with Crippen LogP contribution in [0, 0.1) is 5.92 Å². The first-order valence-corrected chi connectivity index (χ1v) is 9.48. The Labute approximate surface area is 152 Å². The van der Waals surface area contributed by atoms with Gasteiger partial charge in [-0.15, -0.1) is 0 Å². The summed E-state index contributed by atoms with van der Waals surface area (Å²) in [5, 5.41) is 0.539. The second-order valence-corrected chi connectivity index (χ2v) is 7.82. The largest absolute Gasteiger partial charge is 0.374 e. The van der Waals surface area contributed by atoms with Crippen molar-refractivity contribution in [3.05, 3.63) is 54.1 Å². The van der Waals surface area contributed by atoms with Crippen molar-refractivity contribution < 1.29 is 4.21 Å². The van der Waals surface area contributed by atoms with Crippen molar-refractivity contribution in [1.82, 2.24) is 9.97 Å². The Morgan fingerprint density at radius 1 is 1.12 bits per heavy atom. The van der Waals surface area contributed by atoms with Crippen molar-refractivity contribution in [2.24, 2.45) is 5.92 Å². The number of para-hydroxylation sites is 3. The van der Waals surface area contributed by atoms with Crippen LogP contribution in [0.4, 0.5) is 5.69 Å². The van der Waals surface area contributed by atoms with E-state index < -0.39 is 10.8 Å². The van der Waals surface area contributed by atoms with E-state index in [0.717, 1.165) is 28.8 Å². The highest BCUT2D eigenvalue weighted by molar-refractivity contribution is 7.84. The van der Waals surface area contributed by atoms with E-state index >= 15 is 0 Å². The molecule has 1 atom stereocenters. The van der Waals surface area contributed by atoms with Gasteiger partial charge >= 0.3 is 0 Å². The zero-order valence-corrected chi connectivity index (χ0v) is 15.1. The lowest BCUT2D eigenvalue weighted by Gasteiger charge is -2.24. The molecule has 2 aromatic carbocycles. The molecular formula is C20H27N3OS. The third kappa shape index (κ3) is 4.48. The number of nitrogens with zero attached hydrogens (tertiary/aromatic N) is 2. The Morgan fingerprint density at radius 2 is 1.80 bits per heavy atom. The number of aromatic nitrogens is 2. The normalized spacial score (nSPS) is 12.2. The first-order valence-electron chi connectivity index (χ1n) is 8.16. The lowest BCUT2D eigenvalue weighted by molar-refractivity contribution is 0.637. The highest BCUT2D eigenvalue weighted by Crippen LogP contribution is 2.23. The molecule has 1 unspecified atom stereocenters. The molecule has 0 radical (unpaired) electrons. The van der Waals surface area contributed by atoms with E-state index in [0.29, 0.717) is 16.8 Å². The van der Waals surface area contributed by atoms with Crippen LogP contribution in [0.25, 0.3) is 11.0 Å². The molecule has 0 aliphatic carbocycles. The number of fused-ring (bicyclic) bond motifs is 1. The van der Waals surface area contributed by atoms with Gasteiger partial charge in [0.1, 0.15) is 0 Å². The Hall–Kier alpha value is -2.14. The second kappa shape index (κ2) is 8.30. The summed E-state index contributed by atoms with van der Waals surface area (Å²) in [4.78, 5) is 9.87. The molecule has 1 aromatic heterocycles. The summed E-state index contributed by atoms with van der Waals surface area (Å²) in [7, 11) is 0.886. The molecule has 0 aliphatic heterocycles. The molecule has 134 valence electrons. The Bertz CT molecular complexity index is 824. The maximum Gasteiger partial charge on any atom is 0.197 e. The standard InChI is InChI=1S/C19H23N3OS.CH4/c1-14(2)12-22(3)18-11-7-4-8-15(18)13-24(23)19-20-16-9-5-6-10-17(16)21-19;/h4-11,14H,12-13H2,1-3H3,(H,20,21);1H4. The minimum absolute atomic E-state index is 0. The number of nitrogens with one attached hydrogen (secondary N) is 1. The molecule has 1 N–H and O–H groups in total. The van der Waals surface area contributed by atoms with Gasteiger partial charge in [0.25, 0.3) is 0 Å². The van der Waals surface area contributed by atoms with Gasteiger partial charge in [-0.05, 0) is 29.7 Å². The highest BCUT2D eigenvalue weighted by Gasteiger charge is 2.14. The Kier molecular flexibility index (Phi) is 6.37. The maximum atomic E-state index is 12.8. The topological polar surface area (TPSA) is 49.0 Å². The quantitative estimate of drug-likeness (QED) is 0.701. The molecule has 3 rings (SSSR count). The van der Waals surface area contributed by atoms with Crippen LogP contribution < -0.4 is 4.90 Å². The SMILES string of the molecule is C.CC(C)CN(C)c1ccccc1CS(=O)c1nc2ccccc2[nH]1. The summed E-state index contributed by atoms with van der Waals surface area (Å²) in [5.41, 5.74) is 3.99. The van der Waals surface area contributed by atoms with Gasteiger partial charge in [0, 0.05) is 19.3 Å². The van der Waals surface area contributed by atoms with Crippen molar-refractivity contribution in [3.8, 4) is 0 Å². The van der Waals surface area contributed by atoms with Gasteiger partial charge in [-0.3, -0.25) is 4.21 Å². The van der Waals surface area contributed by atoms with Crippen LogP contribution in [-0.2, 0) is 16.6 Å². The zero-order chi connectivity index (χ0) is 17.1. The predicted octanol–water partition coefficient (Wildman–Crippen LogP) is 4.60. The fourth-order valence-electron chi connectivity index (χ4n) is 2.90. The maximum absolute atomic E-state index is 12.8. The summed E-state index contributed by atoms with van der Waals surface area (Å²) in [6, 6.07) is 15.9. The van der Waals surface area contributed by atoms with Crippen LogP contribution in [0.2, 0.25) is 0 Å². The van der Waals surface area contributed by atoms with Crippen molar-refractivity contribution in [3.63, 3.8) is 0 Å². The molecule has 5 heteroatoms.